The van der Waals surface area contributed by atoms with Crippen LogP contribution in [-0.4, -0.2) is 41.8 Å². The third-order valence-corrected chi connectivity index (χ3v) is 5.90. The topological polar surface area (TPSA) is 99.8 Å². The smallest absolute Gasteiger partial charge is 0.303 e. The van der Waals surface area contributed by atoms with Gasteiger partial charge in [-0.25, -0.2) is 0 Å². The average molecular weight is 406 g/mol. The molecule has 1 heterocycles. The Morgan fingerprint density at radius 3 is 2.48 bits per heavy atom. The molecule has 0 aromatic carbocycles. The maximum Gasteiger partial charge on any atom is 0.303 e. The predicted molar refractivity (Wildman–Crippen MR) is 110 cm³/mol. The van der Waals surface area contributed by atoms with Gasteiger partial charge in [0, 0.05) is 31.3 Å². The summed E-state index contributed by atoms with van der Waals surface area (Å²) < 4.78 is 12.0. The highest BCUT2D eigenvalue weighted by Gasteiger charge is 2.56. The Bertz CT molecular complexity index is 589. The third kappa shape index (κ3) is 7.26. The number of unbranched alkanes of at least 4 members (excludes halogenated alkanes) is 5. The van der Waals surface area contributed by atoms with Gasteiger partial charge in [-0.15, -0.1) is 0 Å². The van der Waals surface area contributed by atoms with Crippen LogP contribution in [0.1, 0.15) is 64.2 Å². The molecule has 6 heteroatoms. The van der Waals surface area contributed by atoms with Crippen molar-refractivity contribution in [3.05, 3.63) is 24.3 Å². The SMILES string of the molecule is N#C[C@H]1CC2(OCCO2)C(CC=CCCCC(=O)O)C1C=CCCCCCCO. The first kappa shape index (κ1) is 23.6. The second-order valence-electron chi connectivity index (χ2n) is 7.98. The minimum Gasteiger partial charge on any atom is -0.481 e. The van der Waals surface area contributed by atoms with Gasteiger partial charge in [0.05, 0.1) is 25.2 Å². The molecule has 1 spiro atoms. The zero-order valence-electron chi connectivity index (χ0n) is 17.3. The molecule has 1 saturated heterocycles. The van der Waals surface area contributed by atoms with Gasteiger partial charge in [-0.2, -0.15) is 5.26 Å². The number of aliphatic carboxylic acids is 1. The summed E-state index contributed by atoms with van der Waals surface area (Å²) in [6, 6.07) is 2.46. The minimum atomic E-state index is -0.765. The number of hydrogen-bond donors (Lipinski definition) is 2. The fourth-order valence-corrected chi connectivity index (χ4v) is 4.42. The Labute approximate surface area is 174 Å². The number of nitrogens with zero attached hydrogens (tertiary/aromatic N) is 1. The molecule has 1 aliphatic heterocycles. The molecule has 1 aliphatic carbocycles. The van der Waals surface area contributed by atoms with Gasteiger partial charge in [-0.1, -0.05) is 37.1 Å². The second-order valence-corrected chi connectivity index (χ2v) is 7.98. The second kappa shape index (κ2) is 12.8. The summed E-state index contributed by atoms with van der Waals surface area (Å²) in [7, 11) is 0. The van der Waals surface area contributed by atoms with Crippen molar-refractivity contribution < 1.29 is 24.5 Å². The number of carbonyl (C=O) groups is 1. The number of carboxylic acid groups (broad SMARTS) is 1. The molecule has 0 amide bonds. The molecule has 0 aromatic heterocycles. The van der Waals surface area contributed by atoms with E-state index in [1.807, 2.05) is 6.08 Å². The van der Waals surface area contributed by atoms with Crippen LogP contribution in [0.2, 0.25) is 0 Å². The van der Waals surface area contributed by atoms with Gasteiger partial charge in [-0.3, -0.25) is 4.79 Å². The summed E-state index contributed by atoms with van der Waals surface area (Å²) in [5.74, 6) is -1.36. The molecule has 2 unspecified atom stereocenters. The number of aliphatic hydroxyl groups is 1. The van der Waals surface area contributed by atoms with Gasteiger partial charge in [0.25, 0.3) is 0 Å². The first-order valence-corrected chi connectivity index (χ1v) is 10.9. The van der Waals surface area contributed by atoms with E-state index in [0.717, 1.165) is 44.9 Å². The molecule has 29 heavy (non-hydrogen) atoms. The zero-order valence-corrected chi connectivity index (χ0v) is 17.3. The van der Waals surface area contributed by atoms with Gasteiger partial charge >= 0.3 is 5.97 Å². The van der Waals surface area contributed by atoms with Crippen LogP contribution in [0.3, 0.4) is 0 Å². The monoisotopic (exact) mass is 405 g/mol. The van der Waals surface area contributed by atoms with E-state index in [9.17, 15) is 10.1 Å². The van der Waals surface area contributed by atoms with Gasteiger partial charge in [-0.05, 0) is 38.5 Å². The van der Waals surface area contributed by atoms with Crippen molar-refractivity contribution in [2.75, 3.05) is 19.8 Å². The molecule has 0 aromatic rings. The van der Waals surface area contributed by atoms with Crippen LogP contribution in [0.5, 0.6) is 0 Å². The van der Waals surface area contributed by atoms with E-state index in [-0.39, 0.29) is 30.8 Å². The molecular weight excluding hydrogens is 370 g/mol. The highest BCUT2D eigenvalue weighted by Crippen LogP contribution is 2.51. The highest BCUT2D eigenvalue weighted by atomic mass is 16.7. The molecule has 2 fully saturated rings. The lowest BCUT2D eigenvalue weighted by Crippen LogP contribution is -2.36. The number of nitriles is 1. The van der Waals surface area contributed by atoms with Crippen molar-refractivity contribution in [2.45, 2.75) is 70.0 Å². The number of carboxylic acids is 1. The van der Waals surface area contributed by atoms with Crippen LogP contribution in [0.4, 0.5) is 0 Å². The fourth-order valence-electron chi connectivity index (χ4n) is 4.42. The lowest BCUT2D eigenvalue weighted by atomic mass is 9.85. The standard InChI is InChI=1S/C23H35NO5/c24-18-19-17-23(28-15-16-29-23)21(12-8-4-5-9-13-22(26)27)20(19)11-7-3-1-2-6-10-14-25/h4,7-8,11,19-21,25H,1-3,5-6,9-10,12-17H2,(H,26,27)/t19-,20?,21?/m1/s1. The molecule has 2 N–H and O–H groups in total. The van der Waals surface area contributed by atoms with Crippen LogP contribution in [0.25, 0.3) is 0 Å². The van der Waals surface area contributed by atoms with E-state index in [1.54, 1.807) is 0 Å². The molecule has 162 valence electrons. The van der Waals surface area contributed by atoms with E-state index >= 15 is 0 Å². The minimum absolute atomic E-state index is 0.0935. The van der Waals surface area contributed by atoms with Crippen molar-refractivity contribution in [3.63, 3.8) is 0 Å². The largest absolute Gasteiger partial charge is 0.481 e. The predicted octanol–water partition coefficient (Wildman–Crippen LogP) is 4.21. The molecule has 1 saturated carbocycles. The summed E-state index contributed by atoms with van der Waals surface area (Å²) in [6.45, 7) is 1.39. The van der Waals surface area contributed by atoms with Gasteiger partial charge in [0.2, 0.25) is 0 Å². The van der Waals surface area contributed by atoms with E-state index in [4.69, 9.17) is 19.7 Å². The lowest BCUT2D eigenvalue weighted by molar-refractivity contribution is -0.184. The summed E-state index contributed by atoms with van der Waals surface area (Å²) in [5, 5.41) is 27.3. The number of aliphatic hydroxyl groups excluding tert-OH is 1. The lowest BCUT2D eigenvalue weighted by Gasteiger charge is -2.30. The maximum absolute atomic E-state index is 10.6. The number of allylic oxidation sites excluding steroid dienone is 4. The average Bonchev–Trinajstić information content (AvgIpc) is 3.29. The Kier molecular flexibility index (Phi) is 10.4. The van der Waals surface area contributed by atoms with E-state index < -0.39 is 11.8 Å². The number of ether oxygens (including phenoxy) is 2. The van der Waals surface area contributed by atoms with Gasteiger partial charge in [0.1, 0.15) is 0 Å². The number of rotatable bonds is 13. The summed E-state index contributed by atoms with van der Waals surface area (Å²) >= 11 is 0. The normalized spacial score (nSPS) is 26.0. The Morgan fingerprint density at radius 1 is 1.07 bits per heavy atom. The molecule has 2 rings (SSSR count). The van der Waals surface area contributed by atoms with E-state index in [1.165, 1.54) is 0 Å². The molecular formula is C23H35NO5. The first-order valence-electron chi connectivity index (χ1n) is 10.9. The van der Waals surface area contributed by atoms with E-state index in [2.05, 4.69) is 24.3 Å². The quantitative estimate of drug-likeness (QED) is 0.352. The molecule has 3 atom stereocenters. The van der Waals surface area contributed by atoms with Crippen molar-refractivity contribution in [3.8, 4) is 6.07 Å². The van der Waals surface area contributed by atoms with Crippen LogP contribution >= 0.6 is 0 Å². The Balaban J connectivity index is 1.94. The zero-order chi connectivity index (χ0) is 21.0. The summed E-state index contributed by atoms with van der Waals surface area (Å²) in [4.78, 5) is 10.6. The maximum atomic E-state index is 10.6. The molecule has 0 radical (unpaired) electrons. The third-order valence-electron chi connectivity index (χ3n) is 5.90. The van der Waals surface area contributed by atoms with Crippen molar-refractivity contribution >= 4 is 5.97 Å². The fraction of sp³-hybridized carbons (Fsp3) is 0.739. The van der Waals surface area contributed by atoms with Crippen molar-refractivity contribution in [2.24, 2.45) is 17.8 Å². The van der Waals surface area contributed by atoms with E-state index in [0.29, 0.717) is 26.1 Å². The summed E-state index contributed by atoms with van der Waals surface area (Å²) in [6.07, 6.45) is 16.5. The molecule has 6 nitrogen and oxygen atoms in total. The highest BCUT2D eigenvalue weighted by molar-refractivity contribution is 5.66. The van der Waals surface area contributed by atoms with Crippen LogP contribution in [0.15, 0.2) is 24.3 Å². The van der Waals surface area contributed by atoms with Crippen LogP contribution in [-0.2, 0) is 14.3 Å². The Morgan fingerprint density at radius 2 is 1.79 bits per heavy atom. The van der Waals surface area contributed by atoms with Crippen LogP contribution in [0, 0.1) is 29.1 Å². The van der Waals surface area contributed by atoms with Crippen molar-refractivity contribution in [1.82, 2.24) is 0 Å². The molecule has 0 bridgehead atoms. The number of hydrogen-bond acceptors (Lipinski definition) is 5. The molecule has 2 aliphatic rings. The summed E-state index contributed by atoms with van der Waals surface area (Å²) in [5.41, 5.74) is 0. The van der Waals surface area contributed by atoms with Crippen molar-refractivity contribution in [1.29, 1.82) is 5.26 Å². The van der Waals surface area contributed by atoms with Crippen LogP contribution < -0.4 is 0 Å². The first-order chi connectivity index (χ1) is 14.1. The van der Waals surface area contributed by atoms with Gasteiger partial charge < -0.3 is 19.7 Å². The Hall–Kier alpha value is -1.68. The van der Waals surface area contributed by atoms with Gasteiger partial charge in [0.15, 0.2) is 5.79 Å².